The van der Waals surface area contributed by atoms with Crippen molar-refractivity contribution in [1.82, 2.24) is 0 Å². The molecule has 0 spiro atoms. The molecule has 0 heterocycles. The Morgan fingerprint density at radius 3 is 2.50 bits per heavy atom. The van der Waals surface area contributed by atoms with Crippen LogP contribution in [0.2, 0.25) is 0 Å². The van der Waals surface area contributed by atoms with Crippen LogP contribution in [0.4, 0.5) is 0 Å². The first-order chi connectivity index (χ1) is 6.63. The number of aliphatic hydroxyl groups is 2. The molecule has 1 aromatic carbocycles. The zero-order valence-corrected chi connectivity index (χ0v) is 7.94. The second-order valence-electron chi connectivity index (χ2n) is 3.57. The van der Waals surface area contributed by atoms with Crippen LogP contribution in [0, 0.1) is 0 Å². The summed E-state index contributed by atoms with van der Waals surface area (Å²) < 4.78 is 0. The molecule has 0 aromatic heterocycles. The molecule has 2 rings (SSSR count). The van der Waals surface area contributed by atoms with E-state index in [0.717, 1.165) is 5.56 Å². The van der Waals surface area contributed by atoms with Gasteiger partial charge in [0.25, 0.3) is 0 Å². The summed E-state index contributed by atoms with van der Waals surface area (Å²) in [6.45, 7) is 1.74. The number of fused-ring (bicyclic) bond motifs is 1. The lowest BCUT2D eigenvalue weighted by Crippen LogP contribution is -2.27. The average Bonchev–Trinajstić information content (AvgIpc) is 2.23. The molecule has 1 aliphatic rings. The number of hydrogen-bond donors (Lipinski definition) is 3. The molecule has 2 atom stereocenters. The minimum absolute atomic E-state index is 0.568. The van der Waals surface area contributed by atoms with Crippen LogP contribution in [0.25, 0.3) is 5.70 Å². The highest BCUT2D eigenvalue weighted by atomic mass is 16.3. The number of benzene rings is 1. The summed E-state index contributed by atoms with van der Waals surface area (Å²) in [4.78, 5) is 0. The Bertz CT molecular complexity index is 398. The topological polar surface area (TPSA) is 66.5 Å². The molecule has 0 amide bonds. The van der Waals surface area contributed by atoms with Crippen LogP contribution in [0.5, 0.6) is 0 Å². The van der Waals surface area contributed by atoms with Gasteiger partial charge in [-0.2, -0.15) is 0 Å². The Labute approximate surface area is 82.5 Å². The third-order valence-corrected chi connectivity index (χ3v) is 2.74. The third kappa shape index (κ3) is 1.14. The van der Waals surface area contributed by atoms with Crippen LogP contribution in [0.3, 0.4) is 0 Å². The Kier molecular flexibility index (Phi) is 2.06. The first-order valence-corrected chi connectivity index (χ1v) is 4.54. The van der Waals surface area contributed by atoms with Crippen molar-refractivity contribution in [2.24, 2.45) is 5.73 Å². The molecule has 3 heteroatoms. The average molecular weight is 191 g/mol. The van der Waals surface area contributed by atoms with Crippen molar-refractivity contribution in [3.63, 3.8) is 0 Å². The number of rotatable bonds is 0. The van der Waals surface area contributed by atoms with Gasteiger partial charge >= 0.3 is 0 Å². The van der Waals surface area contributed by atoms with Crippen molar-refractivity contribution in [2.45, 2.75) is 19.1 Å². The summed E-state index contributed by atoms with van der Waals surface area (Å²) in [5, 5.41) is 19.5. The molecule has 2 unspecified atom stereocenters. The van der Waals surface area contributed by atoms with Gasteiger partial charge in [0.2, 0.25) is 0 Å². The molecule has 1 aromatic rings. The number of hydrogen-bond acceptors (Lipinski definition) is 3. The van der Waals surface area contributed by atoms with Gasteiger partial charge in [-0.05, 0) is 18.1 Å². The molecule has 0 saturated heterocycles. The highest BCUT2D eigenvalue weighted by Gasteiger charge is 2.29. The normalized spacial score (nSPS) is 26.2. The lowest BCUT2D eigenvalue weighted by atomic mass is 9.86. The van der Waals surface area contributed by atoms with E-state index in [1.165, 1.54) is 0 Å². The van der Waals surface area contributed by atoms with E-state index in [4.69, 9.17) is 5.73 Å². The van der Waals surface area contributed by atoms with Gasteiger partial charge in [0.15, 0.2) is 0 Å². The van der Waals surface area contributed by atoms with Gasteiger partial charge in [-0.15, -0.1) is 0 Å². The Balaban J connectivity index is 2.65. The molecule has 0 fully saturated rings. The summed E-state index contributed by atoms with van der Waals surface area (Å²) >= 11 is 0. The van der Waals surface area contributed by atoms with E-state index in [0.29, 0.717) is 16.8 Å². The summed E-state index contributed by atoms with van der Waals surface area (Å²) in [5.74, 6) is 0. The highest BCUT2D eigenvalue weighted by molar-refractivity contribution is 5.71. The SMILES string of the molecule is CC1=C(N)c2ccccc2C(O)C1O. The molecular weight excluding hydrogens is 178 g/mol. The van der Waals surface area contributed by atoms with Crippen molar-refractivity contribution < 1.29 is 10.2 Å². The molecule has 0 radical (unpaired) electrons. The quantitative estimate of drug-likeness (QED) is 0.568. The molecule has 4 N–H and O–H groups in total. The smallest absolute Gasteiger partial charge is 0.109 e. The molecular formula is C11H13NO2. The van der Waals surface area contributed by atoms with Crippen LogP contribution in [-0.2, 0) is 0 Å². The lowest BCUT2D eigenvalue weighted by molar-refractivity contribution is 0.0393. The number of nitrogens with two attached hydrogens (primary N) is 1. The standard InChI is InChI=1S/C11H13NO2/c1-6-9(12)7-4-2-3-5-8(7)11(14)10(6)13/h2-5,10-11,13-14H,12H2,1H3. The van der Waals surface area contributed by atoms with E-state index >= 15 is 0 Å². The van der Waals surface area contributed by atoms with Gasteiger partial charge in [-0.1, -0.05) is 24.3 Å². The Morgan fingerprint density at radius 2 is 1.79 bits per heavy atom. The van der Waals surface area contributed by atoms with Gasteiger partial charge in [-0.25, -0.2) is 0 Å². The molecule has 1 aliphatic carbocycles. The molecule has 3 nitrogen and oxygen atoms in total. The van der Waals surface area contributed by atoms with E-state index in [9.17, 15) is 10.2 Å². The van der Waals surface area contributed by atoms with Crippen LogP contribution in [0.1, 0.15) is 24.2 Å². The minimum Gasteiger partial charge on any atom is -0.398 e. The largest absolute Gasteiger partial charge is 0.398 e. The monoisotopic (exact) mass is 191 g/mol. The molecule has 0 bridgehead atoms. The van der Waals surface area contributed by atoms with Gasteiger partial charge in [0.1, 0.15) is 12.2 Å². The predicted octanol–water partition coefficient (Wildman–Crippen LogP) is 0.784. The fraction of sp³-hybridized carbons (Fsp3) is 0.273. The van der Waals surface area contributed by atoms with Crippen LogP contribution in [-0.4, -0.2) is 16.3 Å². The third-order valence-electron chi connectivity index (χ3n) is 2.74. The van der Waals surface area contributed by atoms with E-state index in [1.807, 2.05) is 18.2 Å². The number of aliphatic hydroxyl groups excluding tert-OH is 2. The molecule has 0 saturated carbocycles. The fourth-order valence-corrected chi connectivity index (χ4v) is 1.78. The van der Waals surface area contributed by atoms with Crippen molar-refractivity contribution in [1.29, 1.82) is 0 Å². The molecule has 74 valence electrons. The summed E-state index contributed by atoms with van der Waals surface area (Å²) in [6.07, 6.45) is -1.75. The maximum atomic E-state index is 9.78. The summed E-state index contributed by atoms with van der Waals surface area (Å²) in [5.41, 5.74) is 8.57. The maximum absolute atomic E-state index is 9.78. The van der Waals surface area contributed by atoms with Crippen LogP contribution in [0.15, 0.2) is 29.8 Å². The van der Waals surface area contributed by atoms with E-state index in [1.54, 1.807) is 13.0 Å². The second-order valence-corrected chi connectivity index (χ2v) is 3.57. The van der Waals surface area contributed by atoms with Crippen LogP contribution < -0.4 is 5.73 Å². The summed E-state index contributed by atoms with van der Waals surface area (Å²) in [6, 6.07) is 7.32. The maximum Gasteiger partial charge on any atom is 0.109 e. The predicted molar refractivity (Wildman–Crippen MR) is 54.2 cm³/mol. The van der Waals surface area contributed by atoms with Gasteiger partial charge in [0.05, 0.1) is 0 Å². The van der Waals surface area contributed by atoms with Gasteiger partial charge in [0, 0.05) is 11.3 Å². The van der Waals surface area contributed by atoms with E-state index in [-0.39, 0.29) is 0 Å². The minimum atomic E-state index is -0.884. The summed E-state index contributed by atoms with van der Waals surface area (Å²) in [7, 11) is 0. The zero-order valence-electron chi connectivity index (χ0n) is 7.94. The fourth-order valence-electron chi connectivity index (χ4n) is 1.78. The van der Waals surface area contributed by atoms with E-state index < -0.39 is 12.2 Å². The van der Waals surface area contributed by atoms with Crippen LogP contribution >= 0.6 is 0 Å². The van der Waals surface area contributed by atoms with Crippen molar-refractivity contribution in [3.05, 3.63) is 41.0 Å². The van der Waals surface area contributed by atoms with Crippen molar-refractivity contribution in [3.8, 4) is 0 Å². The Hall–Kier alpha value is -1.32. The highest BCUT2D eigenvalue weighted by Crippen LogP contribution is 2.34. The second kappa shape index (κ2) is 3.12. The molecule has 14 heavy (non-hydrogen) atoms. The lowest BCUT2D eigenvalue weighted by Gasteiger charge is -2.28. The zero-order chi connectivity index (χ0) is 10.3. The first-order valence-electron chi connectivity index (χ1n) is 4.54. The van der Waals surface area contributed by atoms with Crippen molar-refractivity contribution in [2.75, 3.05) is 0 Å². The Morgan fingerprint density at radius 1 is 1.14 bits per heavy atom. The van der Waals surface area contributed by atoms with E-state index in [2.05, 4.69) is 0 Å². The van der Waals surface area contributed by atoms with Gasteiger partial charge in [-0.3, -0.25) is 0 Å². The van der Waals surface area contributed by atoms with Gasteiger partial charge < -0.3 is 15.9 Å². The van der Waals surface area contributed by atoms with Crippen molar-refractivity contribution >= 4 is 5.70 Å². The molecule has 0 aliphatic heterocycles. The first kappa shape index (κ1) is 9.24.